The summed E-state index contributed by atoms with van der Waals surface area (Å²) in [4.78, 5) is 18.9. The van der Waals surface area contributed by atoms with Gasteiger partial charge in [0.2, 0.25) is 5.95 Å². The van der Waals surface area contributed by atoms with Gasteiger partial charge in [-0.25, -0.2) is 4.98 Å². The molecule has 0 unspecified atom stereocenters. The number of aromatic nitrogens is 2. The van der Waals surface area contributed by atoms with Gasteiger partial charge in [0.15, 0.2) is 0 Å². The first-order valence-electron chi connectivity index (χ1n) is 6.50. The van der Waals surface area contributed by atoms with Gasteiger partial charge in [0, 0.05) is 23.0 Å². The van der Waals surface area contributed by atoms with Crippen molar-refractivity contribution >= 4 is 17.3 Å². The van der Waals surface area contributed by atoms with Gasteiger partial charge >= 0.3 is 0 Å². The van der Waals surface area contributed by atoms with Crippen LogP contribution in [0, 0.1) is 0 Å². The summed E-state index contributed by atoms with van der Waals surface area (Å²) >= 11 is 0. The summed E-state index contributed by atoms with van der Waals surface area (Å²) in [6.07, 6.45) is 0. The van der Waals surface area contributed by atoms with Crippen LogP contribution in [0.25, 0.3) is 11.3 Å². The molecule has 0 radical (unpaired) electrons. The van der Waals surface area contributed by atoms with E-state index in [1.807, 2.05) is 42.5 Å². The van der Waals surface area contributed by atoms with Crippen LogP contribution in [-0.2, 0) is 0 Å². The molecule has 3 aromatic rings. The van der Waals surface area contributed by atoms with E-state index in [4.69, 9.17) is 5.73 Å². The summed E-state index contributed by atoms with van der Waals surface area (Å²) in [5.74, 6) is 0.381. The van der Waals surface area contributed by atoms with Crippen molar-refractivity contribution in [2.75, 3.05) is 11.1 Å². The van der Waals surface area contributed by atoms with E-state index < -0.39 is 0 Å². The molecule has 1 aromatic heterocycles. The van der Waals surface area contributed by atoms with Crippen LogP contribution in [-0.4, -0.2) is 9.97 Å². The highest BCUT2D eigenvalue weighted by Crippen LogP contribution is 2.18. The van der Waals surface area contributed by atoms with E-state index in [2.05, 4.69) is 15.3 Å². The summed E-state index contributed by atoms with van der Waals surface area (Å²) in [7, 11) is 0. The van der Waals surface area contributed by atoms with Gasteiger partial charge in [-0.1, -0.05) is 36.4 Å². The molecule has 0 atom stereocenters. The van der Waals surface area contributed by atoms with Crippen molar-refractivity contribution < 1.29 is 0 Å². The maximum atomic E-state index is 11.8. The van der Waals surface area contributed by atoms with Gasteiger partial charge in [-0.15, -0.1) is 0 Å². The monoisotopic (exact) mass is 278 g/mol. The van der Waals surface area contributed by atoms with Crippen LogP contribution in [0.5, 0.6) is 0 Å². The Morgan fingerprint density at radius 2 is 1.81 bits per heavy atom. The van der Waals surface area contributed by atoms with E-state index in [1.165, 1.54) is 6.07 Å². The third-order valence-electron chi connectivity index (χ3n) is 2.96. The Bertz CT molecular complexity index is 812. The van der Waals surface area contributed by atoms with Gasteiger partial charge in [0.25, 0.3) is 5.56 Å². The van der Waals surface area contributed by atoms with Gasteiger partial charge in [0.05, 0.1) is 5.69 Å². The van der Waals surface area contributed by atoms with Gasteiger partial charge < -0.3 is 11.1 Å². The number of hydrogen-bond acceptors (Lipinski definition) is 4. The summed E-state index contributed by atoms with van der Waals surface area (Å²) in [6, 6.07) is 18.3. The van der Waals surface area contributed by atoms with Gasteiger partial charge in [-0.3, -0.25) is 9.78 Å². The molecule has 21 heavy (non-hydrogen) atoms. The highest BCUT2D eigenvalue weighted by atomic mass is 16.1. The first-order chi connectivity index (χ1) is 10.2. The number of H-pyrrole nitrogens is 1. The van der Waals surface area contributed by atoms with E-state index in [0.29, 0.717) is 17.3 Å². The molecule has 3 rings (SSSR count). The SMILES string of the molecule is Nc1cccc(Nc2nc(-c3ccccc3)cc(=O)[nH]2)c1. The third kappa shape index (κ3) is 3.09. The number of rotatable bonds is 3. The van der Waals surface area contributed by atoms with Crippen LogP contribution in [0.15, 0.2) is 65.5 Å². The molecule has 0 saturated heterocycles. The molecule has 0 spiro atoms. The summed E-state index contributed by atoms with van der Waals surface area (Å²) < 4.78 is 0. The number of anilines is 3. The minimum Gasteiger partial charge on any atom is -0.399 e. The first-order valence-corrected chi connectivity index (χ1v) is 6.50. The molecule has 5 heteroatoms. The largest absolute Gasteiger partial charge is 0.399 e. The average Bonchev–Trinajstić information content (AvgIpc) is 2.47. The lowest BCUT2D eigenvalue weighted by Crippen LogP contribution is -2.10. The Hall–Kier alpha value is -3.08. The van der Waals surface area contributed by atoms with Crippen molar-refractivity contribution in [2.24, 2.45) is 0 Å². The minimum absolute atomic E-state index is 0.213. The second-order valence-corrected chi connectivity index (χ2v) is 4.60. The van der Waals surface area contributed by atoms with Crippen LogP contribution in [0.3, 0.4) is 0 Å². The van der Waals surface area contributed by atoms with Crippen LogP contribution in [0.2, 0.25) is 0 Å². The summed E-state index contributed by atoms with van der Waals surface area (Å²) in [6.45, 7) is 0. The molecular formula is C16H14N4O. The highest BCUT2D eigenvalue weighted by Gasteiger charge is 2.04. The number of nitrogens with zero attached hydrogens (tertiary/aromatic N) is 1. The van der Waals surface area contributed by atoms with E-state index >= 15 is 0 Å². The number of benzene rings is 2. The lowest BCUT2D eigenvalue weighted by atomic mass is 10.1. The Kier molecular flexibility index (Phi) is 3.39. The fourth-order valence-electron chi connectivity index (χ4n) is 2.03. The molecule has 0 aliphatic carbocycles. The standard InChI is InChI=1S/C16H14N4O/c17-12-7-4-8-13(9-12)18-16-19-14(10-15(21)20-16)11-5-2-1-3-6-11/h1-10H,17H2,(H2,18,19,20,21). The third-order valence-corrected chi connectivity index (χ3v) is 2.96. The van der Waals surface area contributed by atoms with Crippen molar-refractivity contribution in [3.05, 3.63) is 71.0 Å². The fourth-order valence-corrected chi connectivity index (χ4v) is 2.03. The maximum Gasteiger partial charge on any atom is 0.252 e. The van der Waals surface area contributed by atoms with Crippen molar-refractivity contribution in [3.63, 3.8) is 0 Å². The maximum absolute atomic E-state index is 11.8. The van der Waals surface area contributed by atoms with E-state index in [-0.39, 0.29) is 5.56 Å². The Morgan fingerprint density at radius 1 is 1.00 bits per heavy atom. The lowest BCUT2D eigenvalue weighted by molar-refractivity contribution is 1.13. The number of nitrogens with one attached hydrogen (secondary N) is 2. The second-order valence-electron chi connectivity index (χ2n) is 4.60. The van der Waals surface area contributed by atoms with Crippen molar-refractivity contribution in [2.45, 2.75) is 0 Å². The normalized spacial score (nSPS) is 10.3. The molecule has 1 heterocycles. The summed E-state index contributed by atoms with van der Waals surface area (Å²) in [5.41, 5.74) is 8.43. The molecule has 0 bridgehead atoms. The van der Waals surface area contributed by atoms with Crippen molar-refractivity contribution in [1.29, 1.82) is 0 Å². The molecule has 104 valence electrons. The Balaban J connectivity index is 1.97. The molecule has 0 saturated carbocycles. The first kappa shape index (κ1) is 12.9. The predicted octanol–water partition coefficient (Wildman–Crippen LogP) is 2.76. The number of nitrogens with two attached hydrogens (primary N) is 1. The molecule has 0 aliphatic heterocycles. The predicted molar refractivity (Wildman–Crippen MR) is 84.4 cm³/mol. The van der Waals surface area contributed by atoms with Gasteiger partial charge in [0.1, 0.15) is 0 Å². The molecular weight excluding hydrogens is 264 g/mol. The zero-order chi connectivity index (χ0) is 14.7. The van der Waals surface area contributed by atoms with E-state index in [1.54, 1.807) is 12.1 Å². The smallest absolute Gasteiger partial charge is 0.252 e. The zero-order valence-electron chi connectivity index (χ0n) is 11.2. The Labute approximate surface area is 121 Å². The van der Waals surface area contributed by atoms with Crippen LogP contribution in [0.4, 0.5) is 17.3 Å². The molecule has 0 fully saturated rings. The summed E-state index contributed by atoms with van der Waals surface area (Å²) in [5, 5.41) is 3.05. The molecule has 5 nitrogen and oxygen atoms in total. The minimum atomic E-state index is -0.213. The van der Waals surface area contributed by atoms with Crippen LogP contribution < -0.4 is 16.6 Å². The average molecular weight is 278 g/mol. The van der Waals surface area contributed by atoms with Crippen molar-refractivity contribution in [3.8, 4) is 11.3 Å². The number of hydrogen-bond donors (Lipinski definition) is 3. The van der Waals surface area contributed by atoms with Crippen LogP contribution in [0.1, 0.15) is 0 Å². The van der Waals surface area contributed by atoms with Crippen LogP contribution >= 0.6 is 0 Å². The number of aromatic amines is 1. The lowest BCUT2D eigenvalue weighted by Gasteiger charge is -2.07. The molecule has 0 aliphatic rings. The fraction of sp³-hybridized carbons (Fsp3) is 0. The number of nitrogen functional groups attached to an aromatic ring is 1. The molecule has 0 amide bonds. The highest BCUT2D eigenvalue weighted by molar-refractivity contribution is 5.63. The zero-order valence-corrected chi connectivity index (χ0v) is 11.2. The molecule has 2 aromatic carbocycles. The van der Waals surface area contributed by atoms with Gasteiger partial charge in [-0.2, -0.15) is 0 Å². The van der Waals surface area contributed by atoms with Gasteiger partial charge in [-0.05, 0) is 18.2 Å². The van der Waals surface area contributed by atoms with Crippen molar-refractivity contribution in [1.82, 2.24) is 9.97 Å². The Morgan fingerprint density at radius 3 is 2.57 bits per heavy atom. The topological polar surface area (TPSA) is 83.8 Å². The van der Waals surface area contributed by atoms with E-state index in [9.17, 15) is 4.79 Å². The van der Waals surface area contributed by atoms with E-state index in [0.717, 1.165) is 11.3 Å². The quantitative estimate of drug-likeness (QED) is 0.643. The molecule has 4 N–H and O–H groups in total. The second kappa shape index (κ2) is 5.50.